The van der Waals surface area contributed by atoms with Crippen LogP contribution in [0.1, 0.15) is 34.3 Å². The van der Waals surface area contributed by atoms with Gasteiger partial charge in [0, 0.05) is 17.3 Å². The number of likely N-dealkylation sites (tertiary alicyclic amines) is 1. The lowest BCUT2D eigenvalue weighted by atomic mass is 9.88. The van der Waals surface area contributed by atoms with Gasteiger partial charge in [-0.1, -0.05) is 6.92 Å². The minimum atomic E-state index is -0.637. The van der Waals surface area contributed by atoms with Gasteiger partial charge >= 0.3 is 0 Å². The van der Waals surface area contributed by atoms with E-state index in [9.17, 15) is 9.90 Å². The molecule has 1 aliphatic carbocycles. The molecule has 2 aliphatic rings. The molecule has 1 amide bonds. The van der Waals surface area contributed by atoms with E-state index in [0.29, 0.717) is 19.0 Å². The van der Waals surface area contributed by atoms with Crippen molar-refractivity contribution in [3.05, 3.63) is 21.9 Å². The van der Waals surface area contributed by atoms with Crippen LogP contribution in [-0.4, -0.2) is 34.6 Å². The second-order valence-corrected chi connectivity index (χ2v) is 7.05. The SMILES string of the molecule is Cc1ccc(C(=O)N2C[C@@H](C)[C@](O)(C3CC3)C2)s1. The highest BCUT2D eigenvalue weighted by Gasteiger charge is 2.53. The molecule has 4 heteroatoms. The molecule has 1 aromatic rings. The zero-order chi connectivity index (χ0) is 12.9. The number of thiophene rings is 1. The molecular weight excluding hydrogens is 246 g/mol. The van der Waals surface area contributed by atoms with E-state index in [4.69, 9.17) is 0 Å². The van der Waals surface area contributed by atoms with Crippen molar-refractivity contribution in [2.75, 3.05) is 13.1 Å². The summed E-state index contributed by atoms with van der Waals surface area (Å²) in [6.07, 6.45) is 2.22. The minimum Gasteiger partial charge on any atom is -0.387 e. The maximum Gasteiger partial charge on any atom is 0.264 e. The summed E-state index contributed by atoms with van der Waals surface area (Å²) in [4.78, 5) is 16.1. The van der Waals surface area contributed by atoms with E-state index in [-0.39, 0.29) is 11.8 Å². The smallest absolute Gasteiger partial charge is 0.264 e. The summed E-state index contributed by atoms with van der Waals surface area (Å²) in [5.74, 6) is 0.682. The van der Waals surface area contributed by atoms with Crippen molar-refractivity contribution < 1.29 is 9.90 Å². The molecule has 3 rings (SSSR count). The first-order valence-corrected chi connectivity index (χ1v) is 7.40. The van der Waals surface area contributed by atoms with Gasteiger partial charge in [-0.3, -0.25) is 4.79 Å². The maximum absolute atomic E-state index is 12.4. The lowest BCUT2D eigenvalue weighted by Gasteiger charge is -2.26. The van der Waals surface area contributed by atoms with Gasteiger partial charge in [-0.2, -0.15) is 0 Å². The van der Waals surface area contributed by atoms with Crippen LogP contribution in [0, 0.1) is 18.8 Å². The number of hydrogen-bond donors (Lipinski definition) is 1. The lowest BCUT2D eigenvalue weighted by molar-refractivity contribution is -0.00361. The Balaban J connectivity index is 1.77. The Morgan fingerprint density at radius 3 is 2.78 bits per heavy atom. The number of hydrogen-bond acceptors (Lipinski definition) is 3. The monoisotopic (exact) mass is 265 g/mol. The second-order valence-electron chi connectivity index (χ2n) is 5.76. The van der Waals surface area contributed by atoms with Crippen LogP contribution in [0.5, 0.6) is 0 Å². The highest BCUT2D eigenvalue weighted by Crippen LogP contribution is 2.47. The third kappa shape index (κ3) is 1.88. The molecule has 1 aromatic heterocycles. The van der Waals surface area contributed by atoms with E-state index in [0.717, 1.165) is 22.6 Å². The van der Waals surface area contributed by atoms with Gasteiger partial charge in [0.25, 0.3) is 5.91 Å². The topological polar surface area (TPSA) is 40.5 Å². The third-order valence-corrected chi connectivity index (χ3v) is 5.30. The molecule has 0 bridgehead atoms. The Bertz CT molecular complexity index is 480. The van der Waals surface area contributed by atoms with Crippen LogP contribution in [0.3, 0.4) is 0 Å². The fraction of sp³-hybridized carbons (Fsp3) is 0.643. The number of β-amino-alcohol motifs (C(OH)–C–C–N with tert-alkyl or cyclic N) is 1. The highest BCUT2D eigenvalue weighted by atomic mass is 32.1. The predicted octanol–water partition coefficient (Wildman–Crippen LogP) is 2.29. The van der Waals surface area contributed by atoms with E-state index in [1.165, 1.54) is 11.3 Å². The lowest BCUT2D eigenvalue weighted by Crippen LogP contribution is -2.40. The number of carbonyl (C=O) groups is 1. The van der Waals surface area contributed by atoms with Gasteiger partial charge in [-0.05, 0) is 37.8 Å². The summed E-state index contributed by atoms with van der Waals surface area (Å²) in [7, 11) is 0. The Labute approximate surface area is 111 Å². The third-order valence-electron chi connectivity index (χ3n) is 4.31. The molecule has 98 valence electrons. The van der Waals surface area contributed by atoms with Gasteiger partial charge in [0.1, 0.15) is 0 Å². The molecule has 2 fully saturated rings. The Morgan fingerprint density at radius 2 is 2.22 bits per heavy atom. The van der Waals surface area contributed by atoms with Gasteiger partial charge < -0.3 is 10.0 Å². The van der Waals surface area contributed by atoms with Gasteiger partial charge in [0.15, 0.2) is 0 Å². The quantitative estimate of drug-likeness (QED) is 0.891. The summed E-state index contributed by atoms with van der Waals surface area (Å²) < 4.78 is 0. The first kappa shape index (κ1) is 12.2. The fourth-order valence-electron chi connectivity index (χ4n) is 2.99. The van der Waals surface area contributed by atoms with Crippen LogP contribution in [0.25, 0.3) is 0 Å². The summed E-state index contributed by atoms with van der Waals surface area (Å²) in [5.41, 5.74) is -0.637. The minimum absolute atomic E-state index is 0.0801. The number of carbonyl (C=O) groups excluding carboxylic acids is 1. The second kappa shape index (κ2) is 4.07. The van der Waals surface area contributed by atoms with Gasteiger partial charge in [-0.15, -0.1) is 11.3 Å². The van der Waals surface area contributed by atoms with Gasteiger partial charge in [0.05, 0.1) is 17.0 Å². The van der Waals surface area contributed by atoms with Crippen LogP contribution < -0.4 is 0 Å². The standard InChI is InChI=1S/C14H19NO2S/c1-9-7-15(8-14(9,17)11-4-5-11)13(16)12-6-3-10(2)18-12/h3,6,9,11,17H,4-5,7-8H2,1-2H3/t9-,14+/m1/s1. The van der Waals surface area contributed by atoms with E-state index < -0.39 is 5.60 Å². The Morgan fingerprint density at radius 1 is 1.50 bits per heavy atom. The Hall–Kier alpha value is -0.870. The summed E-state index contributed by atoms with van der Waals surface area (Å²) in [5, 5.41) is 10.7. The van der Waals surface area contributed by atoms with Crippen molar-refractivity contribution >= 4 is 17.2 Å². The summed E-state index contributed by atoms with van der Waals surface area (Å²) >= 11 is 1.54. The highest BCUT2D eigenvalue weighted by molar-refractivity contribution is 7.13. The van der Waals surface area contributed by atoms with Crippen LogP contribution in [0.2, 0.25) is 0 Å². The predicted molar refractivity (Wildman–Crippen MR) is 71.8 cm³/mol. The molecule has 0 unspecified atom stereocenters. The zero-order valence-electron chi connectivity index (χ0n) is 10.8. The normalized spacial score (nSPS) is 31.9. The molecular formula is C14H19NO2S. The average Bonchev–Trinajstić information content (AvgIpc) is 3.04. The molecule has 0 radical (unpaired) electrons. The number of rotatable bonds is 2. The van der Waals surface area contributed by atoms with Crippen molar-refractivity contribution in [1.29, 1.82) is 0 Å². The van der Waals surface area contributed by atoms with E-state index >= 15 is 0 Å². The zero-order valence-corrected chi connectivity index (χ0v) is 11.7. The van der Waals surface area contributed by atoms with Crippen molar-refractivity contribution in [1.82, 2.24) is 4.90 Å². The molecule has 0 aromatic carbocycles. The summed E-state index contributed by atoms with van der Waals surface area (Å²) in [6.45, 7) is 5.26. The molecule has 1 saturated heterocycles. The average molecular weight is 265 g/mol. The van der Waals surface area contributed by atoms with Gasteiger partial charge in [-0.25, -0.2) is 0 Å². The molecule has 1 N–H and O–H groups in total. The van der Waals surface area contributed by atoms with Gasteiger partial charge in [0.2, 0.25) is 0 Å². The fourth-order valence-corrected chi connectivity index (χ4v) is 3.82. The number of amides is 1. The van der Waals surface area contributed by atoms with Crippen molar-refractivity contribution in [2.45, 2.75) is 32.3 Å². The van der Waals surface area contributed by atoms with Crippen molar-refractivity contribution in [3.63, 3.8) is 0 Å². The van der Waals surface area contributed by atoms with Crippen LogP contribution in [-0.2, 0) is 0 Å². The van der Waals surface area contributed by atoms with E-state index in [2.05, 4.69) is 6.92 Å². The number of aliphatic hydroxyl groups is 1. The first-order valence-electron chi connectivity index (χ1n) is 6.59. The van der Waals surface area contributed by atoms with E-state index in [1.54, 1.807) is 0 Å². The molecule has 1 saturated carbocycles. The summed E-state index contributed by atoms with van der Waals surface area (Å²) in [6, 6.07) is 3.87. The first-order chi connectivity index (χ1) is 8.50. The Kier molecular flexibility index (Phi) is 2.75. The molecule has 18 heavy (non-hydrogen) atoms. The molecule has 2 atom stereocenters. The molecule has 0 spiro atoms. The van der Waals surface area contributed by atoms with E-state index in [1.807, 2.05) is 24.0 Å². The molecule has 2 heterocycles. The van der Waals surface area contributed by atoms with Crippen molar-refractivity contribution in [3.8, 4) is 0 Å². The number of nitrogens with zero attached hydrogens (tertiary/aromatic N) is 1. The molecule has 3 nitrogen and oxygen atoms in total. The number of aryl methyl sites for hydroxylation is 1. The maximum atomic E-state index is 12.4. The largest absolute Gasteiger partial charge is 0.387 e. The van der Waals surface area contributed by atoms with Crippen molar-refractivity contribution in [2.24, 2.45) is 11.8 Å². The van der Waals surface area contributed by atoms with Crippen LogP contribution in [0.15, 0.2) is 12.1 Å². The van der Waals surface area contributed by atoms with Crippen LogP contribution >= 0.6 is 11.3 Å². The van der Waals surface area contributed by atoms with Crippen LogP contribution in [0.4, 0.5) is 0 Å². The molecule has 1 aliphatic heterocycles.